The number of rotatable bonds is 5. The first kappa shape index (κ1) is 17.1. The maximum atomic E-state index is 6.32. The van der Waals surface area contributed by atoms with Crippen molar-refractivity contribution in [1.29, 1.82) is 0 Å². The molecule has 0 spiro atoms. The summed E-state index contributed by atoms with van der Waals surface area (Å²) in [6, 6.07) is 12.6. The van der Waals surface area contributed by atoms with Crippen LogP contribution in [0.5, 0.6) is 11.5 Å². The molecule has 4 heteroatoms. The van der Waals surface area contributed by atoms with Crippen molar-refractivity contribution in [3.8, 4) is 11.5 Å². The van der Waals surface area contributed by atoms with Gasteiger partial charge >= 0.3 is 0 Å². The van der Waals surface area contributed by atoms with E-state index in [1.54, 1.807) is 14.2 Å². The van der Waals surface area contributed by atoms with Gasteiger partial charge in [-0.1, -0.05) is 35.9 Å². The molecular formula is C20H24ClNO2. The number of fused-ring (bicyclic) bond motifs is 1. The highest BCUT2D eigenvalue weighted by molar-refractivity contribution is 6.32. The Kier molecular flexibility index (Phi) is 5.02. The van der Waals surface area contributed by atoms with Crippen LogP contribution in [0.15, 0.2) is 36.4 Å². The van der Waals surface area contributed by atoms with Gasteiger partial charge in [0.1, 0.15) is 0 Å². The van der Waals surface area contributed by atoms with Crippen molar-refractivity contribution in [3.05, 3.63) is 58.1 Å². The Hall–Kier alpha value is -1.71. The molecule has 3 rings (SSSR count). The SMILES string of the molecule is COc1cc(CN[C@@]2(C)CCCc3ccccc32)cc(Cl)c1OC. The van der Waals surface area contributed by atoms with Crippen LogP contribution in [-0.2, 0) is 18.5 Å². The molecule has 0 heterocycles. The minimum atomic E-state index is -0.0194. The summed E-state index contributed by atoms with van der Waals surface area (Å²) >= 11 is 6.32. The van der Waals surface area contributed by atoms with Crippen LogP contribution in [0.4, 0.5) is 0 Å². The van der Waals surface area contributed by atoms with Crippen LogP contribution in [0.25, 0.3) is 0 Å². The van der Waals surface area contributed by atoms with Gasteiger partial charge in [-0.15, -0.1) is 0 Å². The van der Waals surface area contributed by atoms with Crippen LogP contribution in [0.3, 0.4) is 0 Å². The van der Waals surface area contributed by atoms with Gasteiger partial charge in [-0.3, -0.25) is 0 Å². The van der Waals surface area contributed by atoms with Crippen LogP contribution in [-0.4, -0.2) is 14.2 Å². The number of nitrogens with one attached hydrogen (secondary N) is 1. The van der Waals surface area contributed by atoms with Gasteiger partial charge in [0.2, 0.25) is 0 Å². The highest BCUT2D eigenvalue weighted by Crippen LogP contribution is 2.38. The van der Waals surface area contributed by atoms with Gasteiger partial charge in [-0.2, -0.15) is 0 Å². The molecule has 0 saturated carbocycles. The standard InChI is InChI=1S/C20H24ClNO2/c1-20(10-6-8-15-7-4-5-9-16(15)20)22-13-14-11-17(21)19(24-3)18(12-14)23-2/h4-5,7,9,11-12,22H,6,8,10,13H2,1-3H3/t20-/m0/s1. The van der Waals surface area contributed by atoms with E-state index >= 15 is 0 Å². The zero-order chi connectivity index (χ0) is 17.2. The molecule has 0 radical (unpaired) electrons. The van der Waals surface area contributed by atoms with Gasteiger partial charge in [-0.05, 0) is 55.0 Å². The van der Waals surface area contributed by atoms with E-state index in [-0.39, 0.29) is 5.54 Å². The molecule has 0 aliphatic heterocycles. The van der Waals surface area contributed by atoms with Gasteiger partial charge in [-0.25, -0.2) is 0 Å². The third-order valence-electron chi connectivity index (χ3n) is 4.91. The minimum absolute atomic E-state index is 0.0194. The van der Waals surface area contributed by atoms with Crippen LogP contribution in [0.2, 0.25) is 5.02 Å². The fourth-order valence-corrected chi connectivity index (χ4v) is 3.91. The molecule has 2 aromatic rings. The second kappa shape index (κ2) is 7.04. The van der Waals surface area contributed by atoms with E-state index in [0.29, 0.717) is 16.5 Å². The number of hydrogen-bond donors (Lipinski definition) is 1. The second-order valence-corrected chi connectivity index (χ2v) is 6.92. The molecule has 0 unspecified atom stereocenters. The molecule has 128 valence electrons. The first-order valence-corrected chi connectivity index (χ1v) is 8.69. The van der Waals surface area contributed by atoms with Crippen LogP contribution >= 0.6 is 11.6 Å². The third-order valence-corrected chi connectivity index (χ3v) is 5.19. The average molecular weight is 346 g/mol. The number of ether oxygens (including phenoxy) is 2. The van der Waals surface area contributed by atoms with Gasteiger partial charge in [0, 0.05) is 12.1 Å². The van der Waals surface area contributed by atoms with Crippen molar-refractivity contribution in [2.45, 2.75) is 38.3 Å². The fourth-order valence-electron chi connectivity index (χ4n) is 3.60. The van der Waals surface area contributed by atoms with Crippen molar-refractivity contribution < 1.29 is 9.47 Å². The zero-order valence-corrected chi connectivity index (χ0v) is 15.2. The van der Waals surface area contributed by atoms with Gasteiger partial charge < -0.3 is 14.8 Å². The minimum Gasteiger partial charge on any atom is -0.493 e. The van der Waals surface area contributed by atoms with Crippen molar-refractivity contribution in [3.63, 3.8) is 0 Å². The number of hydrogen-bond acceptors (Lipinski definition) is 3. The van der Waals surface area contributed by atoms with Crippen LogP contribution in [0, 0.1) is 0 Å². The number of benzene rings is 2. The summed E-state index contributed by atoms with van der Waals surface area (Å²) in [7, 11) is 3.23. The molecule has 0 fully saturated rings. The summed E-state index contributed by atoms with van der Waals surface area (Å²) in [5.74, 6) is 1.24. The molecule has 24 heavy (non-hydrogen) atoms. The Morgan fingerprint density at radius 1 is 1.17 bits per heavy atom. The topological polar surface area (TPSA) is 30.5 Å². The summed E-state index contributed by atoms with van der Waals surface area (Å²) < 4.78 is 10.7. The molecule has 1 aliphatic carbocycles. The summed E-state index contributed by atoms with van der Waals surface area (Å²) in [4.78, 5) is 0. The summed E-state index contributed by atoms with van der Waals surface area (Å²) in [6.45, 7) is 3.01. The molecule has 0 saturated heterocycles. The Bertz CT molecular complexity index is 732. The van der Waals surface area contributed by atoms with Gasteiger partial charge in [0.15, 0.2) is 11.5 Å². The average Bonchev–Trinajstić information content (AvgIpc) is 2.60. The number of methoxy groups -OCH3 is 2. The summed E-state index contributed by atoms with van der Waals surface area (Å²) in [5.41, 5.74) is 3.92. The maximum absolute atomic E-state index is 6.32. The summed E-state index contributed by atoms with van der Waals surface area (Å²) in [5, 5.41) is 4.30. The highest BCUT2D eigenvalue weighted by atomic mass is 35.5. The molecule has 0 bridgehead atoms. The van der Waals surface area contributed by atoms with Gasteiger partial charge in [0.05, 0.1) is 19.2 Å². The van der Waals surface area contributed by atoms with Crippen molar-refractivity contribution in [1.82, 2.24) is 5.32 Å². The summed E-state index contributed by atoms with van der Waals surface area (Å²) in [6.07, 6.45) is 3.49. The van der Waals surface area contributed by atoms with E-state index in [4.69, 9.17) is 21.1 Å². The van der Waals surface area contributed by atoms with Crippen molar-refractivity contribution >= 4 is 11.6 Å². The Morgan fingerprint density at radius 2 is 1.96 bits per heavy atom. The van der Waals surface area contributed by atoms with E-state index in [1.165, 1.54) is 17.5 Å². The lowest BCUT2D eigenvalue weighted by Gasteiger charge is -2.37. The monoisotopic (exact) mass is 345 g/mol. The van der Waals surface area contributed by atoms with E-state index in [1.807, 2.05) is 12.1 Å². The molecular weight excluding hydrogens is 322 g/mol. The Labute approximate surface area is 148 Å². The predicted octanol–water partition coefficient (Wildman–Crippen LogP) is 4.70. The molecule has 2 aromatic carbocycles. The number of halogens is 1. The Balaban J connectivity index is 1.83. The Morgan fingerprint density at radius 3 is 2.71 bits per heavy atom. The molecule has 1 N–H and O–H groups in total. The fraction of sp³-hybridized carbons (Fsp3) is 0.400. The second-order valence-electron chi connectivity index (χ2n) is 6.51. The number of aryl methyl sites for hydroxylation is 1. The van der Waals surface area contributed by atoms with E-state index in [0.717, 1.165) is 24.9 Å². The normalized spacial score (nSPS) is 19.7. The van der Waals surface area contributed by atoms with Gasteiger partial charge in [0.25, 0.3) is 0 Å². The third kappa shape index (κ3) is 3.24. The molecule has 0 aromatic heterocycles. The van der Waals surface area contributed by atoms with Crippen LogP contribution in [0.1, 0.15) is 36.5 Å². The van der Waals surface area contributed by atoms with E-state index in [2.05, 4.69) is 36.5 Å². The lowest BCUT2D eigenvalue weighted by atomic mass is 9.77. The maximum Gasteiger partial charge on any atom is 0.179 e. The first-order valence-electron chi connectivity index (χ1n) is 8.31. The van der Waals surface area contributed by atoms with Crippen LogP contribution < -0.4 is 14.8 Å². The van der Waals surface area contributed by atoms with E-state index < -0.39 is 0 Å². The smallest absolute Gasteiger partial charge is 0.179 e. The molecule has 3 nitrogen and oxygen atoms in total. The highest BCUT2D eigenvalue weighted by Gasteiger charge is 2.31. The first-order chi connectivity index (χ1) is 11.6. The van der Waals surface area contributed by atoms with E-state index in [9.17, 15) is 0 Å². The molecule has 0 amide bonds. The molecule has 1 aliphatic rings. The van der Waals surface area contributed by atoms with Crippen molar-refractivity contribution in [2.75, 3.05) is 14.2 Å². The lowest BCUT2D eigenvalue weighted by Crippen LogP contribution is -2.41. The molecule has 1 atom stereocenters. The largest absolute Gasteiger partial charge is 0.493 e. The quantitative estimate of drug-likeness (QED) is 0.852. The zero-order valence-electron chi connectivity index (χ0n) is 14.5. The lowest BCUT2D eigenvalue weighted by molar-refractivity contribution is 0.310. The van der Waals surface area contributed by atoms with Crippen molar-refractivity contribution in [2.24, 2.45) is 0 Å². The predicted molar refractivity (Wildman–Crippen MR) is 98.1 cm³/mol.